The molecule has 1 rings (SSSR count). The molecule has 1 atom stereocenters. The van der Waals surface area contributed by atoms with E-state index in [1.807, 2.05) is 13.0 Å². The first-order chi connectivity index (χ1) is 6.76. The first-order valence-corrected chi connectivity index (χ1v) is 4.47. The predicted octanol–water partition coefficient (Wildman–Crippen LogP) is 1.10. The Bertz CT molecular complexity index is 316. The molecule has 0 saturated heterocycles. The summed E-state index contributed by atoms with van der Waals surface area (Å²) in [6, 6.07) is 2.02. The normalized spacial score (nSPS) is 12.4. The maximum atomic E-state index is 8.36. The van der Waals surface area contributed by atoms with Crippen molar-refractivity contribution in [2.45, 2.75) is 32.3 Å². The van der Waals surface area contributed by atoms with Gasteiger partial charge in [-0.15, -0.1) is 0 Å². The Balaban J connectivity index is 2.47. The number of nitriles is 1. The molecule has 5 heteroatoms. The molecule has 1 unspecified atom stereocenters. The van der Waals surface area contributed by atoms with Crippen LogP contribution in [0.2, 0.25) is 0 Å². The number of hydrogen-bond donors (Lipinski definition) is 0. The number of ether oxygens (including phenoxy) is 1. The van der Waals surface area contributed by atoms with Crippen molar-refractivity contribution < 1.29 is 9.26 Å². The minimum absolute atomic E-state index is 0.0800. The fourth-order valence-corrected chi connectivity index (χ4v) is 0.978. The molecule has 0 fully saturated rings. The Labute approximate surface area is 82.7 Å². The van der Waals surface area contributed by atoms with Gasteiger partial charge in [0.2, 0.25) is 5.89 Å². The molecule has 76 valence electrons. The Kier molecular flexibility index (Phi) is 4.08. The first-order valence-electron chi connectivity index (χ1n) is 4.47. The second kappa shape index (κ2) is 5.35. The maximum absolute atomic E-state index is 8.36. The Morgan fingerprint density at radius 1 is 1.64 bits per heavy atom. The lowest BCUT2D eigenvalue weighted by Crippen LogP contribution is -2.09. The van der Waals surface area contributed by atoms with Crippen LogP contribution >= 0.6 is 0 Å². The van der Waals surface area contributed by atoms with Gasteiger partial charge in [0.05, 0.1) is 12.2 Å². The molecule has 0 bridgehead atoms. The fraction of sp³-hybridized carbons (Fsp3) is 0.667. The van der Waals surface area contributed by atoms with Crippen LogP contribution in [0.15, 0.2) is 4.52 Å². The van der Waals surface area contributed by atoms with Gasteiger partial charge in [-0.25, -0.2) is 0 Å². The molecule has 5 nitrogen and oxygen atoms in total. The quantitative estimate of drug-likeness (QED) is 0.703. The highest BCUT2D eigenvalue weighted by molar-refractivity contribution is 4.90. The van der Waals surface area contributed by atoms with E-state index in [4.69, 9.17) is 14.5 Å². The average molecular weight is 195 g/mol. The van der Waals surface area contributed by atoms with Gasteiger partial charge in [-0.2, -0.15) is 10.2 Å². The van der Waals surface area contributed by atoms with E-state index in [0.29, 0.717) is 31.0 Å². The van der Waals surface area contributed by atoms with Crippen LogP contribution in [-0.2, 0) is 17.6 Å². The Morgan fingerprint density at radius 3 is 3.07 bits per heavy atom. The number of rotatable bonds is 5. The zero-order chi connectivity index (χ0) is 10.4. The van der Waals surface area contributed by atoms with Gasteiger partial charge in [0, 0.05) is 26.4 Å². The zero-order valence-electron chi connectivity index (χ0n) is 8.36. The molecule has 0 spiro atoms. The van der Waals surface area contributed by atoms with Gasteiger partial charge in [-0.3, -0.25) is 0 Å². The second-order valence-corrected chi connectivity index (χ2v) is 3.01. The molecule has 14 heavy (non-hydrogen) atoms. The molecular formula is C9H13N3O2. The van der Waals surface area contributed by atoms with Crippen molar-refractivity contribution in [3.8, 4) is 6.07 Å². The summed E-state index contributed by atoms with van der Waals surface area (Å²) in [5, 5.41) is 12.1. The highest BCUT2D eigenvalue weighted by Crippen LogP contribution is 2.04. The molecule has 1 aromatic rings. The Hall–Kier alpha value is -1.41. The van der Waals surface area contributed by atoms with Crippen molar-refractivity contribution in [2.75, 3.05) is 7.11 Å². The van der Waals surface area contributed by atoms with E-state index in [9.17, 15) is 0 Å². The van der Waals surface area contributed by atoms with Gasteiger partial charge < -0.3 is 9.26 Å². The van der Waals surface area contributed by atoms with Crippen LogP contribution in [0.25, 0.3) is 0 Å². The van der Waals surface area contributed by atoms with Crippen LogP contribution < -0.4 is 0 Å². The minimum Gasteiger partial charge on any atom is -0.381 e. The molecule has 0 N–H and O–H groups in total. The lowest BCUT2D eigenvalue weighted by Gasteiger charge is -2.03. The molecule has 0 aliphatic rings. The maximum Gasteiger partial charge on any atom is 0.227 e. The van der Waals surface area contributed by atoms with Crippen LogP contribution in [0.1, 0.15) is 25.1 Å². The molecule has 0 radical (unpaired) electrons. The lowest BCUT2D eigenvalue weighted by atomic mass is 10.3. The summed E-state index contributed by atoms with van der Waals surface area (Å²) in [5.74, 6) is 1.15. The summed E-state index contributed by atoms with van der Waals surface area (Å²) in [4.78, 5) is 4.13. The zero-order valence-corrected chi connectivity index (χ0v) is 8.36. The van der Waals surface area contributed by atoms with Gasteiger partial charge >= 0.3 is 0 Å². The molecule has 1 aromatic heterocycles. The third-order valence-corrected chi connectivity index (χ3v) is 1.83. The van der Waals surface area contributed by atoms with Crippen LogP contribution in [0.3, 0.4) is 0 Å². The summed E-state index contributed by atoms with van der Waals surface area (Å²) in [6.07, 6.45) is 1.63. The highest BCUT2D eigenvalue weighted by atomic mass is 16.5. The van der Waals surface area contributed by atoms with Gasteiger partial charge in [-0.05, 0) is 6.92 Å². The second-order valence-electron chi connectivity index (χ2n) is 3.01. The first kappa shape index (κ1) is 10.7. The number of aryl methyl sites for hydroxylation is 1. The van der Waals surface area contributed by atoms with E-state index < -0.39 is 0 Å². The van der Waals surface area contributed by atoms with Crippen molar-refractivity contribution in [3.63, 3.8) is 0 Å². The summed E-state index contributed by atoms with van der Waals surface area (Å²) < 4.78 is 10.0. The van der Waals surface area contributed by atoms with Crippen LogP contribution in [0, 0.1) is 11.3 Å². The number of nitrogens with zero attached hydrogens (tertiary/aromatic N) is 3. The number of aromatic nitrogens is 2. The summed E-state index contributed by atoms with van der Waals surface area (Å²) in [6.45, 7) is 1.94. The third-order valence-electron chi connectivity index (χ3n) is 1.83. The van der Waals surface area contributed by atoms with E-state index >= 15 is 0 Å². The standard InChI is InChI=1S/C9H13N3O2/c1-7(13-2)6-8-11-9(14-12-8)4-3-5-10/h7H,3-4,6H2,1-2H3. The topological polar surface area (TPSA) is 71.9 Å². The average Bonchev–Trinajstić information content (AvgIpc) is 2.62. The van der Waals surface area contributed by atoms with Crippen LogP contribution in [-0.4, -0.2) is 23.4 Å². The molecule has 0 aliphatic heterocycles. The van der Waals surface area contributed by atoms with E-state index in [-0.39, 0.29) is 6.10 Å². The monoisotopic (exact) mass is 195 g/mol. The number of hydrogen-bond acceptors (Lipinski definition) is 5. The molecule has 0 aromatic carbocycles. The lowest BCUT2D eigenvalue weighted by molar-refractivity contribution is 0.116. The molecular weight excluding hydrogens is 182 g/mol. The van der Waals surface area contributed by atoms with Crippen molar-refractivity contribution in [3.05, 3.63) is 11.7 Å². The smallest absolute Gasteiger partial charge is 0.227 e. The van der Waals surface area contributed by atoms with Crippen molar-refractivity contribution >= 4 is 0 Å². The van der Waals surface area contributed by atoms with Gasteiger partial charge in [0.1, 0.15) is 0 Å². The van der Waals surface area contributed by atoms with E-state index in [1.165, 1.54) is 0 Å². The third kappa shape index (κ3) is 3.15. The largest absolute Gasteiger partial charge is 0.381 e. The van der Waals surface area contributed by atoms with Crippen molar-refractivity contribution in [1.82, 2.24) is 10.1 Å². The molecule has 0 saturated carbocycles. The fourth-order valence-electron chi connectivity index (χ4n) is 0.978. The molecule has 0 amide bonds. The van der Waals surface area contributed by atoms with E-state index in [2.05, 4.69) is 10.1 Å². The van der Waals surface area contributed by atoms with Gasteiger partial charge in [0.25, 0.3) is 0 Å². The van der Waals surface area contributed by atoms with E-state index in [1.54, 1.807) is 7.11 Å². The van der Waals surface area contributed by atoms with Crippen molar-refractivity contribution in [1.29, 1.82) is 5.26 Å². The van der Waals surface area contributed by atoms with Crippen LogP contribution in [0.4, 0.5) is 0 Å². The van der Waals surface area contributed by atoms with Crippen LogP contribution in [0.5, 0.6) is 0 Å². The molecule has 0 aliphatic carbocycles. The summed E-state index contributed by atoms with van der Waals surface area (Å²) >= 11 is 0. The van der Waals surface area contributed by atoms with Gasteiger partial charge in [-0.1, -0.05) is 5.16 Å². The summed E-state index contributed by atoms with van der Waals surface area (Å²) in [7, 11) is 1.64. The van der Waals surface area contributed by atoms with E-state index in [0.717, 1.165) is 0 Å². The predicted molar refractivity (Wildman–Crippen MR) is 48.4 cm³/mol. The number of methoxy groups -OCH3 is 1. The molecule has 1 heterocycles. The summed E-state index contributed by atoms with van der Waals surface area (Å²) in [5.41, 5.74) is 0. The SMILES string of the molecule is COC(C)Cc1noc(CCC#N)n1. The van der Waals surface area contributed by atoms with Crippen molar-refractivity contribution in [2.24, 2.45) is 0 Å². The van der Waals surface area contributed by atoms with Gasteiger partial charge in [0.15, 0.2) is 5.82 Å². The Morgan fingerprint density at radius 2 is 2.43 bits per heavy atom. The highest BCUT2D eigenvalue weighted by Gasteiger charge is 2.09. The minimum atomic E-state index is 0.0800.